The molecule has 0 aliphatic rings. The van der Waals surface area contributed by atoms with Crippen molar-refractivity contribution in [1.82, 2.24) is 4.98 Å². The number of anilines is 1. The number of aromatic amines is 1. The molecule has 0 fully saturated rings. The first kappa shape index (κ1) is 20.4. The van der Waals surface area contributed by atoms with Gasteiger partial charge in [0.05, 0.1) is 7.11 Å². The molecule has 0 spiro atoms. The van der Waals surface area contributed by atoms with Crippen LogP contribution < -0.4 is 20.8 Å². The SMILES string of the molecule is COc1ccc(-c2c(C#N)c(N)[nH]c(=O)c2C#N)cc1COc1ccc(F)cc1F. The highest BCUT2D eigenvalue weighted by atomic mass is 19.1. The molecule has 0 amide bonds. The third-order valence-corrected chi connectivity index (χ3v) is 4.31. The maximum Gasteiger partial charge on any atom is 0.268 e. The minimum Gasteiger partial charge on any atom is -0.496 e. The lowest BCUT2D eigenvalue weighted by Gasteiger charge is -2.14. The van der Waals surface area contributed by atoms with E-state index in [2.05, 4.69) is 4.98 Å². The Hall–Kier alpha value is -4.37. The van der Waals surface area contributed by atoms with E-state index in [9.17, 15) is 24.1 Å². The van der Waals surface area contributed by atoms with E-state index in [1.165, 1.54) is 13.2 Å². The van der Waals surface area contributed by atoms with Crippen molar-refractivity contribution < 1.29 is 18.3 Å². The fraction of sp³-hybridized carbons (Fsp3) is 0.0952. The van der Waals surface area contributed by atoms with Crippen molar-refractivity contribution in [3.8, 4) is 34.8 Å². The van der Waals surface area contributed by atoms with Gasteiger partial charge in [-0.2, -0.15) is 10.5 Å². The molecule has 3 rings (SSSR count). The Morgan fingerprint density at radius 1 is 1.07 bits per heavy atom. The molecule has 0 bridgehead atoms. The molecule has 7 nitrogen and oxygen atoms in total. The van der Waals surface area contributed by atoms with Crippen LogP contribution in [0, 0.1) is 34.3 Å². The number of ether oxygens (including phenoxy) is 2. The number of H-pyrrole nitrogens is 1. The lowest BCUT2D eigenvalue weighted by Crippen LogP contribution is -2.16. The summed E-state index contributed by atoms with van der Waals surface area (Å²) in [5.41, 5.74) is 5.52. The van der Waals surface area contributed by atoms with Crippen LogP contribution in [0.5, 0.6) is 11.5 Å². The molecule has 1 heterocycles. The van der Waals surface area contributed by atoms with Gasteiger partial charge in [-0.25, -0.2) is 8.78 Å². The normalized spacial score (nSPS) is 10.2. The van der Waals surface area contributed by atoms with Gasteiger partial charge in [0, 0.05) is 17.2 Å². The average Bonchev–Trinajstić information content (AvgIpc) is 2.72. The second kappa shape index (κ2) is 8.33. The Kier molecular flexibility index (Phi) is 5.66. The predicted molar refractivity (Wildman–Crippen MR) is 104 cm³/mol. The molecular weight excluding hydrogens is 394 g/mol. The number of rotatable bonds is 5. The Labute approximate surface area is 169 Å². The number of nitriles is 2. The molecule has 2 aromatic carbocycles. The molecule has 0 saturated heterocycles. The summed E-state index contributed by atoms with van der Waals surface area (Å²) in [6.07, 6.45) is 0. The summed E-state index contributed by atoms with van der Waals surface area (Å²) < 4.78 is 37.6. The first-order chi connectivity index (χ1) is 14.4. The second-order valence-electron chi connectivity index (χ2n) is 6.11. The molecule has 0 saturated carbocycles. The Morgan fingerprint density at radius 3 is 2.40 bits per heavy atom. The zero-order valence-corrected chi connectivity index (χ0v) is 15.6. The average molecular weight is 408 g/mol. The van der Waals surface area contributed by atoms with Crippen molar-refractivity contribution in [2.24, 2.45) is 0 Å². The first-order valence-corrected chi connectivity index (χ1v) is 8.50. The van der Waals surface area contributed by atoms with Crippen LogP contribution in [0.3, 0.4) is 0 Å². The van der Waals surface area contributed by atoms with Crippen LogP contribution in [-0.2, 0) is 6.61 Å². The van der Waals surface area contributed by atoms with E-state index in [-0.39, 0.29) is 34.9 Å². The number of halogens is 2. The van der Waals surface area contributed by atoms with Crippen LogP contribution >= 0.6 is 0 Å². The van der Waals surface area contributed by atoms with Crippen molar-refractivity contribution in [3.63, 3.8) is 0 Å². The molecule has 0 aliphatic heterocycles. The summed E-state index contributed by atoms with van der Waals surface area (Å²) in [4.78, 5) is 14.4. The Morgan fingerprint density at radius 2 is 1.77 bits per heavy atom. The number of hydrogen-bond acceptors (Lipinski definition) is 6. The molecule has 3 N–H and O–H groups in total. The first-order valence-electron chi connectivity index (χ1n) is 8.50. The highest BCUT2D eigenvalue weighted by Crippen LogP contribution is 2.32. The van der Waals surface area contributed by atoms with Gasteiger partial charge in [-0.1, -0.05) is 6.07 Å². The minimum absolute atomic E-state index is 0.0623. The summed E-state index contributed by atoms with van der Waals surface area (Å²) >= 11 is 0. The summed E-state index contributed by atoms with van der Waals surface area (Å²) in [5, 5.41) is 18.9. The molecule has 150 valence electrons. The van der Waals surface area contributed by atoms with Crippen LogP contribution in [0.1, 0.15) is 16.7 Å². The van der Waals surface area contributed by atoms with Gasteiger partial charge in [-0.3, -0.25) is 4.79 Å². The largest absolute Gasteiger partial charge is 0.496 e. The van der Waals surface area contributed by atoms with E-state index >= 15 is 0 Å². The van der Waals surface area contributed by atoms with Gasteiger partial charge in [0.1, 0.15) is 47.3 Å². The number of nitrogens with zero attached hydrogens (tertiary/aromatic N) is 2. The standard InChI is InChI=1S/C21H14F2N4O3/c1-29-17-4-2-11(19-14(8-24)20(26)27-21(28)15(19)9-25)6-12(17)10-30-18-5-3-13(22)7-16(18)23/h2-7H,10H2,1H3,(H3,26,27,28). The van der Waals surface area contributed by atoms with Crippen molar-refractivity contribution in [2.75, 3.05) is 12.8 Å². The number of nitrogens with two attached hydrogens (primary N) is 1. The maximum atomic E-state index is 13.8. The van der Waals surface area contributed by atoms with Crippen molar-refractivity contribution in [3.05, 3.63) is 75.1 Å². The number of nitrogen functional groups attached to an aromatic ring is 1. The molecular formula is C21H14F2N4O3. The van der Waals surface area contributed by atoms with Crippen molar-refractivity contribution in [2.45, 2.75) is 6.61 Å². The lowest BCUT2D eigenvalue weighted by atomic mass is 9.95. The number of nitrogens with one attached hydrogen (secondary N) is 1. The lowest BCUT2D eigenvalue weighted by molar-refractivity contribution is 0.282. The third kappa shape index (κ3) is 3.77. The Bertz CT molecular complexity index is 1270. The fourth-order valence-electron chi connectivity index (χ4n) is 2.93. The predicted octanol–water partition coefficient (Wildman–Crippen LogP) is 3.23. The third-order valence-electron chi connectivity index (χ3n) is 4.31. The highest BCUT2D eigenvalue weighted by molar-refractivity contribution is 5.80. The van der Waals surface area contributed by atoms with Gasteiger partial charge in [-0.15, -0.1) is 0 Å². The number of benzene rings is 2. The van der Waals surface area contributed by atoms with Crippen molar-refractivity contribution in [1.29, 1.82) is 10.5 Å². The number of pyridine rings is 1. The van der Waals surface area contributed by atoms with E-state index in [1.807, 2.05) is 6.07 Å². The van der Waals surface area contributed by atoms with Crippen molar-refractivity contribution >= 4 is 5.82 Å². The van der Waals surface area contributed by atoms with Gasteiger partial charge in [0.2, 0.25) is 0 Å². The number of hydrogen-bond donors (Lipinski definition) is 2. The van der Waals surface area contributed by atoms with Gasteiger partial charge in [0.15, 0.2) is 11.6 Å². The number of methoxy groups -OCH3 is 1. The summed E-state index contributed by atoms with van der Waals surface area (Å²) in [6.45, 7) is -0.165. The van der Waals surface area contributed by atoms with Crippen LogP contribution in [-0.4, -0.2) is 12.1 Å². The van der Waals surface area contributed by atoms with Gasteiger partial charge in [-0.05, 0) is 29.8 Å². The molecule has 1 aromatic heterocycles. The van der Waals surface area contributed by atoms with Gasteiger partial charge < -0.3 is 20.2 Å². The quantitative estimate of drug-likeness (QED) is 0.668. The maximum absolute atomic E-state index is 13.8. The van der Waals surface area contributed by atoms with Crippen LogP contribution in [0.2, 0.25) is 0 Å². The number of aromatic nitrogens is 1. The Balaban J connectivity index is 2.09. The van der Waals surface area contributed by atoms with Crippen LogP contribution in [0.4, 0.5) is 14.6 Å². The molecule has 0 atom stereocenters. The molecule has 0 aliphatic carbocycles. The monoisotopic (exact) mass is 408 g/mol. The molecule has 0 unspecified atom stereocenters. The smallest absolute Gasteiger partial charge is 0.268 e. The van der Waals surface area contributed by atoms with E-state index in [1.54, 1.807) is 18.2 Å². The summed E-state index contributed by atoms with van der Waals surface area (Å²) in [7, 11) is 1.42. The van der Waals surface area contributed by atoms with Gasteiger partial charge in [0.25, 0.3) is 5.56 Å². The molecule has 0 radical (unpaired) electrons. The highest BCUT2D eigenvalue weighted by Gasteiger charge is 2.19. The topological polar surface area (TPSA) is 125 Å². The molecule has 3 aromatic rings. The minimum atomic E-state index is -0.869. The molecule has 30 heavy (non-hydrogen) atoms. The summed E-state index contributed by atoms with van der Waals surface area (Å²) in [5.74, 6) is -1.56. The fourth-order valence-corrected chi connectivity index (χ4v) is 2.93. The summed E-state index contributed by atoms with van der Waals surface area (Å²) in [6, 6.07) is 11.2. The molecule has 9 heteroatoms. The van der Waals surface area contributed by atoms with Crippen LogP contribution in [0.15, 0.2) is 41.2 Å². The van der Waals surface area contributed by atoms with E-state index in [0.717, 1.165) is 12.1 Å². The zero-order chi connectivity index (χ0) is 21.8. The van der Waals surface area contributed by atoms with E-state index in [0.29, 0.717) is 22.9 Å². The van der Waals surface area contributed by atoms with E-state index < -0.39 is 17.2 Å². The van der Waals surface area contributed by atoms with Gasteiger partial charge >= 0.3 is 0 Å². The second-order valence-corrected chi connectivity index (χ2v) is 6.11. The zero-order valence-electron chi connectivity index (χ0n) is 15.6. The van der Waals surface area contributed by atoms with Crippen LogP contribution in [0.25, 0.3) is 11.1 Å². The van der Waals surface area contributed by atoms with E-state index in [4.69, 9.17) is 15.2 Å².